The molecule has 1 atom stereocenters. The number of benzene rings is 2. The van der Waals surface area contributed by atoms with Crippen LogP contribution >= 0.6 is 0 Å². The second kappa shape index (κ2) is 8.59. The lowest BCUT2D eigenvalue weighted by molar-refractivity contribution is 0.0735. The molecule has 2 aromatic carbocycles. The van der Waals surface area contributed by atoms with Gasteiger partial charge in [0.1, 0.15) is 23.1 Å². The molecule has 30 heavy (non-hydrogen) atoms. The van der Waals surface area contributed by atoms with E-state index in [1.165, 1.54) is 0 Å². The fourth-order valence-corrected chi connectivity index (χ4v) is 3.71. The third-order valence-electron chi connectivity index (χ3n) is 5.36. The smallest absolute Gasteiger partial charge is 0.259 e. The van der Waals surface area contributed by atoms with Gasteiger partial charge in [-0.15, -0.1) is 0 Å². The van der Waals surface area contributed by atoms with Crippen LogP contribution in [0.25, 0.3) is 11.3 Å². The van der Waals surface area contributed by atoms with E-state index >= 15 is 0 Å². The van der Waals surface area contributed by atoms with Crippen LogP contribution in [0.15, 0.2) is 59.1 Å². The lowest BCUT2D eigenvalue weighted by Crippen LogP contribution is -2.49. The van der Waals surface area contributed by atoms with E-state index in [1.54, 1.807) is 31.1 Å². The standard InChI is InChI=1S/C23H25N3O4/c1-16(27)22-20(21(24-30-22)17-8-10-19(29-2)11-9-17)23(28)26-14-12-25(13-15-26)18-6-4-3-5-7-18/h3-11,16,27H,12-15H2,1-2H3/t16-/m0/s1. The van der Waals surface area contributed by atoms with Crippen LogP contribution in [0.2, 0.25) is 0 Å². The van der Waals surface area contributed by atoms with E-state index in [2.05, 4.69) is 22.2 Å². The van der Waals surface area contributed by atoms with Gasteiger partial charge in [0.15, 0.2) is 5.76 Å². The van der Waals surface area contributed by atoms with E-state index in [-0.39, 0.29) is 11.7 Å². The summed E-state index contributed by atoms with van der Waals surface area (Å²) in [4.78, 5) is 17.5. The topological polar surface area (TPSA) is 79.0 Å². The van der Waals surface area contributed by atoms with Gasteiger partial charge in [-0.25, -0.2) is 0 Å². The molecule has 1 saturated heterocycles. The van der Waals surface area contributed by atoms with Crippen LogP contribution in [-0.4, -0.2) is 54.4 Å². The first-order valence-corrected chi connectivity index (χ1v) is 10.00. The molecule has 1 aromatic heterocycles. The molecule has 1 amide bonds. The SMILES string of the molecule is COc1ccc(-c2noc([C@H](C)O)c2C(=O)N2CCN(c3ccccc3)CC2)cc1. The number of para-hydroxylation sites is 1. The van der Waals surface area contributed by atoms with E-state index in [9.17, 15) is 9.90 Å². The number of aliphatic hydroxyl groups excluding tert-OH is 1. The molecule has 2 heterocycles. The molecular formula is C23H25N3O4. The number of nitrogens with zero attached hydrogens (tertiary/aromatic N) is 3. The zero-order valence-electron chi connectivity index (χ0n) is 17.1. The summed E-state index contributed by atoms with van der Waals surface area (Å²) >= 11 is 0. The predicted molar refractivity (Wildman–Crippen MR) is 114 cm³/mol. The van der Waals surface area contributed by atoms with Gasteiger partial charge in [-0.3, -0.25) is 4.79 Å². The molecule has 1 aliphatic rings. The summed E-state index contributed by atoms with van der Waals surface area (Å²) in [5, 5.41) is 14.3. The number of carbonyl (C=O) groups is 1. The minimum atomic E-state index is -0.936. The number of amides is 1. The lowest BCUT2D eigenvalue weighted by atomic mass is 10.0. The Morgan fingerprint density at radius 2 is 1.73 bits per heavy atom. The van der Waals surface area contributed by atoms with Crippen LogP contribution in [0.4, 0.5) is 5.69 Å². The first-order valence-electron chi connectivity index (χ1n) is 10.00. The maximum atomic E-state index is 13.4. The number of aromatic nitrogens is 1. The number of rotatable bonds is 5. The summed E-state index contributed by atoms with van der Waals surface area (Å²) in [6.07, 6.45) is -0.936. The number of methoxy groups -OCH3 is 1. The van der Waals surface area contributed by atoms with Crippen molar-refractivity contribution in [3.05, 3.63) is 65.9 Å². The second-order valence-electron chi connectivity index (χ2n) is 7.29. The highest BCUT2D eigenvalue weighted by atomic mass is 16.5. The first-order chi connectivity index (χ1) is 14.6. The van der Waals surface area contributed by atoms with Crippen molar-refractivity contribution in [2.75, 3.05) is 38.2 Å². The molecule has 1 fully saturated rings. The normalized spacial score (nSPS) is 15.2. The van der Waals surface area contributed by atoms with Crippen molar-refractivity contribution in [3.8, 4) is 17.0 Å². The largest absolute Gasteiger partial charge is 0.497 e. The van der Waals surface area contributed by atoms with E-state index in [0.29, 0.717) is 30.1 Å². The number of carbonyl (C=O) groups excluding carboxylic acids is 1. The summed E-state index contributed by atoms with van der Waals surface area (Å²) in [6, 6.07) is 17.4. The van der Waals surface area contributed by atoms with Crippen molar-refractivity contribution in [1.82, 2.24) is 10.1 Å². The molecule has 0 radical (unpaired) electrons. The molecular weight excluding hydrogens is 382 g/mol. The Balaban J connectivity index is 1.58. The van der Waals surface area contributed by atoms with E-state index < -0.39 is 6.10 Å². The molecule has 4 rings (SSSR count). The zero-order chi connectivity index (χ0) is 21.1. The average molecular weight is 407 g/mol. The maximum absolute atomic E-state index is 13.4. The summed E-state index contributed by atoms with van der Waals surface area (Å²) in [5.74, 6) is 0.727. The van der Waals surface area contributed by atoms with Crippen LogP contribution < -0.4 is 9.64 Å². The van der Waals surface area contributed by atoms with Gasteiger partial charge < -0.3 is 24.2 Å². The van der Waals surface area contributed by atoms with Gasteiger partial charge in [0.05, 0.1) is 7.11 Å². The van der Waals surface area contributed by atoms with Gasteiger partial charge >= 0.3 is 0 Å². The van der Waals surface area contributed by atoms with Gasteiger partial charge in [0.25, 0.3) is 5.91 Å². The van der Waals surface area contributed by atoms with Crippen LogP contribution in [0, 0.1) is 0 Å². The van der Waals surface area contributed by atoms with Gasteiger partial charge in [-0.05, 0) is 43.3 Å². The number of piperazine rings is 1. The van der Waals surface area contributed by atoms with Crippen LogP contribution in [0.3, 0.4) is 0 Å². The summed E-state index contributed by atoms with van der Waals surface area (Å²) in [7, 11) is 1.60. The fraction of sp³-hybridized carbons (Fsp3) is 0.304. The number of anilines is 1. The number of hydrogen-bond acceptors (Lipinski definition) is 6. The molecule has 3 aromatic rings. The Kier molecular flexibility index (Phi) is 5.72. The van der Waals surface area contributed by atoms with E-state index in [4.69, 9.17) is 9.26 Å². The quantitative estimate of drug-likeness (QED) is 0.699. The Morgan fingerprint density at radius 3 is 2.33 bits per heavy atom. The highest BCUT2D eigenvalue weighted by Gasteiger charge is 2.31. The molecule has 156 valence electrons. The van der Waals surface area contributed by atoms with Gasteiger partial charge in [0, 0.05) is 37.4 Å². The average Bonchev–Trinajstić information content (AvgIpc) is 3.25. The van der Waals surface area contributed by atoms with Crippen molar-refractivity contribution in [3.63, 3.8) is 0 Å². The number of ether oxygens (including phenoxy) is 1. The van der Waals surface area contributed by atoms with Crippen molar-refractivity contribution in [1.29, 1.82) is 0 Å². The minimum absolute atomic E-state index is 0.175. The summed E-state index contributed by atoms with van der Waals surface area (Å²) < 4.78 is 10.6. The number of aliphatic hydroxyl groups is 1. The van der Waals surface area contributed by atoms with E-state index in [1.807, 2.05) is 30.3 Å². The predicted octanol–water partition coefficient (Wildman–Crippen LogP) is 3.37. The van der Waals surface area contributed by atoms with Crippen molar-refractivity contribution in [2.24, 2.45) is 0 Å². The Bertz CT molecular complexity index is 991. The maximum Gasteiger partial charge on any atom is 0.259 e. The summed E-state index contributed by atoms with van der Waals surface area (Å²) in [6.45, 7) is 4.22. The summed E-state index contributed by atoms with van der Waals surface area (Å²) in [5.41, 5.74) is 2.64. The minimum Gasteiger partial charge on any atom is -0.497 e. The number of hydrogen-bond donors (Lipinski definition) is 1. The molecule has 0 saturated carbocycles. The monoisotopic (exact) mass is 407 g/mol. The lowest BCUT2D eigenvalue weighted by Gasteiger charge is -2.36. The van der Waals surface area contributed by atoms with Gasteiger partial charge in [-0.1, -0.05) is 23.4 Å². The van der Waals surface area contributed by atoms with Crippen molar-refractivity contribution >= 4 is 11.6 Å². The second-order valence-corrected chi connectivity index (χ2v) is 7.29. The van der Waals surface area contributed by atoms with Crippen molar-refractivity contribution in [2.45, 2.75) is 13.0 Å². The molecule has 0 unspecified atom stereocenters. The molecule has 1 aliphatic heterocycles. The van der Waals surface area contributed by atoms with E-state index in [0.717, 1.165) is 24.3 Å². The Morgan fingerprint density at radius 1 is 1.07 bits per heavy atom. The Hall–Kier alpha value is -3.32. The van der Waals surface area contributed by atoms with Crippen LogP contribution in [0.1, 0.15) is 29.1 Å². The van der Waals surface area contributed by atoms with Gasteiger partial charge in [0.2, 0.25) is 0 Å². The third kappa shape index (κ3) is 3.89. The van der Waals surface area contributed by atoms with Crippen molar-refractivity contribution < 1.29 is 19.2 Å². The highest BCUT2D eigenvalue weighted by Crippen LogP contribution is 2.31. The molecule has 0 bridgehead atoms. The molecule has 7 heteroatoms. The van der Waals surface area contributed by atoms with Crippen LogP contribution in [-0.2, 0) is 0 Å². The molecule has 0 spiro atoms. The third-order valence-corrected chi connectivity index (χ3v) is 5.36. The molecule has 0 aliphatic carbocycles. The Labute approximate surface area is 175 Å². The van der Waals surface area contributed by atoms with Crippen LogP contribution in [0.5, 0.6) is 5.75 Å². The first kappa shape index (κ1) is 20.0. The fourth-order valence-electron chi connectivity index (χ4n) is 3.71. The molecule has 1 N–H and O–H groups in total. The highest BCUT2D eigenvalue weighted by molar-refractivity contribution is 6.01. The molecule has 7 nitrogen and oxygen atoms in total. The van der Waals surface area contributed by atoms with Gasteiger partial charge in [-0.2, -0.15) is 0 Å². The zero-order valence-corrected chi connectivity index (χ0v) is 17.1.